The van der Waals surface area contributed by atoms with Crippen LogP contribution < -0.4 is 5.73 Å². The zero-order valence-corrected chi connectivity index (χ0v) is 18.6. The number of rotatable bonds is 4. The Morgan fingerprint density at radius 1 is 1.15 bits per heavy atom. The van der Waals surface area contributed by atoms with Crippen LogP contribution in [0.3, 0.4) is 0 Å². The smallest absolute Gasteiger partial charge is 0.386 e. The molecule has 0 radical (unpaired) electrons. The number of benzene rings is 1. The van der Waals surface area contributed by atoms with Crippen molar-refractivity contribution in [1.29, 1.82) is 0 Å². The number of nitrogens with two attached hydrogens (primary N) is 1. The SMILES string of the molecule is CC1(C)C(N)=N[C@](C)(c2cc(CC(=O)c3ccc(C(F)(F)F)cn3)cc(F)c2F)CS1(=O)=O. The van der Waals surface area contributed by atoms with Crippen LogP contribution in [0.2, 0.25) is 0 Å². The van der Waals surface area contributed by atoms with E-state index in [4.69, 9.17) is 5.73 Å². The van der Waals surface area contributed by atoms with Crippen LogP contribution in [0.1, 0.15) is 48.0 Å². The van der Waals surface area contributed by atoms with Crippen molar-refractivity contribution in [3.63, 3.8) is 0 Å². The van der Waals surface area contributed by atoms with E-state index in [1.54, 1.807) is 0 Å². The van der Waals surface area contributed by atoms with Gasteiger partial charge < -0.3 is 5.73 Å². The largest absolute Gasteiger partial charge is 0.417 e. The van der Waals surface area contributed by atoms with Crippen LogP contribution in [0.5, 0.6) is 0 Å². The van der Waals surface area contributed by atoms with E-state index in [0.717, 1.165) is 18.2 Å². The predicted octanol–water partition coefficient (Wildman–Crippen LogP) is 3.58. The third-order valence-electron chi connectivity index (χ3n) is 5.64. The van der Waals surface area contributed by atoms with Crippen molar-refractivity contribution < 1.29 is 35.2 Å². The summed E-state index contributed by atoms with van der Waals surface area (Å²) in [7, 11) is -3.90. The van der Waals surface area contributed by atoms with Crippen LogP contribution in [-0.2, 0) is 28.0 Å². The molecule has 12 heteroatoms. The number of aromatic nitrogens is 1. The number of ketones is 1. The van der Waals surface area contributed by atoms with E-state index in [1.165, 1.54) is 20.8 Å². The first-order chi connectivity index (χ1) is 15.0. The van der Waals surface area contributed by atoms with Gasteiger partial charge in [-0.15, -0.1) is 0 Å². The number of alkyl halides is 3. The second-order valence-corrected chi connectivity index (χ2v) is 11.0. The van der Waals surface area contributed by atoms with Crippen molar-refractivity contribution in [3.05, 3.63) is 64.5 Å². The van der Waals surface area contributed by atoms with Crippen LogP contribution in [0.25, 0.3) is 0 Å². The van der Waals surface area contributed by atoms with Crippen molar-refractivity contribution in [2.45, 2.75) is 43.7 Å². The topological polar surface area (TPSA) is 102 Å². The molecule has 6 nitrogen and oxygen atoms in total. The van der Waals surface area contributed by atoms with Crippen molar-refractivity contribution in [2.24, 2.45) is 10.7 Å². The van der Waals surface area contributed by atoms with E-state index in [-0.39, 0.29) is 17.1 Å². The van der Waals surface area contributed by atoms with E-state index in [1.807, 2.05) is 0 Å². The molecule has 0 saturated heterocycles. The summed E-state index contributed by atoms with van der Waals surface area (Å²) in [4.78, 5) is 20.1. The first-order valence-electron chi connectivity index (χ1n) is 9.61. The average molecular weight is 489 g/mol. The molecular weight excluding hydrogens is 469 g/mol. The molecule has 1 aliphatic heterocycles. The maximum absolute atomic E-state index is 14.7. The molecule has 2 heterocycles. The van der Waals surface area contributed by atoms with Crippen molar-refractivity contribution in [1.82, 2.24) is 4.98 Å². The highest BCUT2D eigenvalue weighted by molar-refractivity contribution is 7.93. The molecule has 178 valence electrons. The quantitative estimate of drug-likeness (QED) is 0.523. The Kier molecular flexibility index (Phi) is 5.89. The lowest BCUT2D eigenvalue weighted by Crippen LogP contribution is -2.55. The number of aliphatic imine (C=N–C) groups is 1. The molecule has 0 fully saturated rings. The van der Waals surface area contributed by atoms with Crippen LogP contribution in [0.15, 0.2) is 35.5 Å². The zero-order valence-electron chi connectivity index (χ0n) is 17.8. The minimum absolute atomic E-state index is 0.0344. The summed E-state index contributed by atoms with van der Waals surface area (Å²) in [6, 6.07) is 3.42. The van der Waals surface area contributed by atoms with Crippen molar-refractivity contribution in [3.8, 4) is 0 Å². The number of carbonyl (C=O) groups is 1. The number of halogens is 5. The fraction of sp³-hybridized carbons (Fsp3) is 0.381. The summed E-state index contributed by atoms with van der Waals surface area (Å²) in [6.07, 6.45) is -4.65. The summed E-state index contributed by atoms with van der Waals surface area (Å²) >= 11 is 0. The second-order valence-electron chi connectivity index (χ2n) is 8.51. The van der Waals surface area contributed by atoms with Gasteiger partial charge in [0.25, 0.3) is 0 Å². The number of hydrogen-bond donors (Lipinski definition) is 1. The van der Waals surface area contributed by atoms with Crippen LogP contribution in [-0.4, -0.2) is 35.5 Å². The zero-order chi connectivity index (χ0) is 25.0. The minimum atomic E-state index is -4.63. The Morgan fingerprint density at radius 2 is 1.79 bits per heavy atom. The lowest BCUT2D eigenvalue weighted by atomic mass is 9.90. The average Bonchev–Trinajstić information content (AvgIpc) is 2.68. The predicted molar refractivity (Wildman–Crippen MR) is 110 cm³/mol. The normalized spacial score (nSPS) is 22.0. The molecule has 2 aromatic rings. The van der Waals surface area contributed by atoms with Gasteiger partial charge in [-0.1, -0.05) is 0 Å². The van der Waals surface area contributed by atoms with E-state index in [0.29, 0.717) is 12.3 Å². The Bertz CT molecular complexity index is 1260. The van der Waals surface area contributed by atoms with Crippen LogP contribution >= 0.6 is 0 Å². The number of carbonyl (C=O) groups excluding carboxylic acids is 1. The Hall–Kier alpha value is -2.89. The third-order valence-corrected chi connectivity index (χ3v) is 8.35. The lowest BCUT2D eigenvalue weighted by Gasteiger charge is -2.38. The van der Waals surface area contributed by atoms with Crippen molar-refractivity contribution >= 4 is 21.5 Å². The van der Waals surface area contributed by atoms with E-state index in [9.17, 15) is 35.2 Å². The van der Waals surface area contributed by atoms with Gasteiger partial charge in [-0.3, -0.25) is 14.8 Å². The molecule has 1 aliphatic rings. The molecule has 0 unspecified atom stereocenters. The van der Waals surface area contributed by atoms with E-state index >= 15 is 0 Å². The Labute approximate surface area is 186 Å². The number of hydrogen-bond acceptors (Lipinski definition) is 6. The third kappa shape index (κ3) is 4.48. The Morgan fingerprint density at radius 3 is 2.30 bits per heavy atom. The maximum Gasteiger partial charge on any atom is 0.417 e. The molecule has 0 bridgehead atoms. The lowest BCUT2D eigenvalue weighted by molar-refractivity contribution is -0.137. The monoisotopic (exact) mass is 489 g/mol. The first kappa shape index (κ1) is 24.7. The number of nitrogens with zero attached hydrogens (tertiary/aromatic N) is 2. The van der Waals surface area contributed by atoms with Gasteiger partial charge in [0.15, 0.2) is 27.3 Å². The molecule has 0 saturated carbocycles. The molecule has 3 rings (SSSR count). The van der Waals surface area contributed by atoms with E-state index in [2.05, 4.69) is 9.98 Å². The van der Waals surface area contributed by atoms with Crippen LogP contribution in [0.4, 0.5) is 22.0 Å². The summed E-state index contributed by atoms with van der Waals surface area (Å²) in [6.45, 7) is 3.99. The van der Waals surface area contributed by atoms with E-state index < -0.39 is 67.0 Å². The number of amidine groups is 1. The highest BCUT2D eigenvalue weighted by Crippen LogP contribution is 2.38. The molecule has 0 spiro atoms. The molecule has 1 aromatic heterocycles. The number of Topliss-reactive ketones (excluding diaryl/α,β-unsaturated/α-hetero) is 1. The Balaban J connectivity index is 1.99. The maximum atomic E-state index is 14.7. The summed E-state index contributed by atoms with van der Waals surface area (Å²) in [5.74, 6) is -4.35. The molecular formula is C21H20F5N3O3S. The first-order valence-corrected chi connectivity index (χ1v) is 11.3. The molecule has 1 atom stereocenters. The number of pyridine rings is 1. The summed E-state index contributed by atoms with van der Waals surface area (Å²) < 4.78 is 91.1. The van der Waals surface area contributed by atoms with Crippen molar-refractivity contribution in [2.75, 3.05) is 5.75 Å². The fourth-order valence-corrected chi connectivity index (χ4v) is 5.11. The highest BCUT2D eigenvalue weighted by atomic mass is 32.2. The van der Waals surface area contributed by atoms with Gasteiger partial charge in [0.1, 0.15) is 21.8 Å². The second kappa shape index (κ2) is 7.86. The van der Waals surface area contributed by atoms with Gasteiger partial charge in [0, 0.05) is 18.2 Å². The molecule has 33 heavy (non-hydrogen) atoms. The summed E-state index contributed by atoms with van der Waals surface area (Å²) in [5, 5.41) is 0. The van der Waals surface area contributed by atoms with Gasteiger partial charge in [-0.25, -0.2) is 17.2 Å². The van der Waals surface area contributed by atoms with Crippen LogP contribution in [0, 0.1) is 11.6 Å². The molecule has 1 aromatic carbocycles. The minimum Gasteiger partial charge on any atom is -0.386 e. The van der Waals surface area contributed by atoms with Gasteiger partial charge in [-0.2, -0.15) is 13.2 Å². The molecule has 0 aliphatic carbocycles. The summed E-state index contributed by atoms with van der Waals surface area (Å²) in [5.41, 5.74) is 2.30. The van der Waals surface area contributed by atoms with Gasteiger partial charge in [0.2, 0.25) is 0 Å². The molecule has 2 N–H and O–H groups in total. The highest BCUT2D eigenvalue weighted by Gasteiger charge is 2.49. The number of sulfone groups is 1. The fourth-order valence-electron chi connectivity index (χ4n) is 3.42. The van der Waals surface area contributed by atoms with Gasteiger partial charge in [-0.05, 0) is 50.6 Å². The van der Waals surface area contributed by atoms with Gasteiger partial charge in [0.05, 0.1) is 11.3 Å². The standard InChI is InChI=1S/C21H20F5N3O3S/c1-19(2)18(27)29-20(3,10-33(19,31)32)13-6-11(7-14(22)17(13)23)8-16(30)15-5-4-12(9-28-15)21(24,25)26/h4-7,9H,8,10H2,1-3H3,(H2,27,29)/t20-/m0/s1. The molecule has 0 amide bonds. The van der Waals surface area contributed by atoms with Gasteiger partial charge >= 0.3 is 6.18 Å².